The maximum absolute atomic E-state index is 13.3. The molecule has 1 aliphatic heterocycles. The minimum Gasteiger partial charge on any atom is -0.493 e. The number of cyclic esters (lactones) is 1. The normalized spacial score (nSPS) is 21.2. The maximum atomic E-state index is 13.3. The van der Waals surface area contributed by atoms with E-state index in [2.05, 4.69) is 24.1 Å². The molecule has 11 nitrogen and oxygen atoms in total. The number of nitrogens with zero attached hydrogens (tertiary/aromatic N) is 1. The van der Waals surface area contributed by atoms with Crippen LogP contribution in [0.1, 0.15) is 50.2 Å². The van der Waals surface area contributed by atoms with Gasteiger partial charge >= 0.3 is 11.9 Å². The van der Waals surface area contributed by atoms with Gasteiger partial charge in [-0.15, -0.1) is 0 Å². The Hall–Kier alpha value is -3.70. The third-order valence-electron chi connectivity index (χ3n) is 6.55. The highest BCUT2D eigenvalue weighted by atomic mass is 16.7. The summed E-state index contributed by atoms with van der Waals surface area (Å²) in [6.45, 7) is 7.52. The molecule has 1 saturated heterocycles. The number of hydrogen-bond acceptors (Lipinski definition) is 10. The standard InChI is InChI=1S/C30H40N2O9/c1-19(2)12-14-38-27-20(3)41-30(35)24(17-37-16-23(27)15-22-9-7-6-8-10-22)32-29(34)26-28(40-18-39-21(4)33)25(36-5)11-13-31-26/h6-11,13,19-20,23-24,27H,12,14-18H2,1-5H3,(H,32,34)/t20-,23-,24-,27-/m0/s1. The smallest absolute Gasteiger partial charge is 0.331 e. The summed E-state index contributed by atoms with van der Waals surface area (Å²) in [6, 6.07) is 10.4. The van der Waals surface area contributed by atoms with E-state index in [1.165, 1.54) is 26.3 Å². The fourth-order valence-corrected chi connectivity index (χ4v) is 4.41. The van der Waals surface area contributed by atoms with E-state index in [4.69, 9.17) is 28.4 Å². The Morgan fingerprint density at radius 2 is 1.90 bits per heavy atom. The van der Waals surface area contributed by atoms with Crippen molar-refractivity contribution in [1.82, 2.24) is 10.3 Å². The average Bonchev–Trinajstić information content (AvgIpc) is 2.98. The molecule has 1 aliphatic rings. The van der Waals surface area contributed by atoms with E-state index >= 15 is 0 Å². The molecule has 2 aromatic rings. The van der Waals surface area contributed by atoms with Crippen molar-refractivity contribution in [3.63, 3.8) is 0 Å². The van der Waals surface area contributed by atoms with Crippen molar-refractivity contribution in [2.24, 2.45) is 11.8 Å². The minimum absolute atomic E-state index is 0.0407. The Bertz CT molecular complexity index is 1140. The summed E-state index contributed by atoms with van der Waals surface area (Å²) in [6.07, 6.45) is 1.89. The third kappa shape index (κ3) is 9.72. The van der Waals surface area contributed by atoms with Crippen molar-refractivity contribution in [3.05, 3.63) is 53.9 Å². The van der Waals surface area contributed by atoms with Crippen LogP contribution in [-0.2, 0) is 35.0 Å². The third-order valence-corrected chi connectivity index (χ3v) is 6.55. The molecule has 1 aromatic carbocycles. The van der Waals surface area contributed by atoms with Gasteiger partial charge in [-0.05, 0) is 31.2 Å². The molecule has 11 heteroatoms. The molecule has 2 heterocycles. The zero-order valence-corrected chi connectivity index (χ0v) is 24.3. The molecule has 0 saturated carbocycles. The van der Waals surface area contributed by atoms with Gasteiger partial charge in [0, 0.05) is 31.7 Å². The number of ether oxygens (including phenoxy) is 6. The lowest BCUT2D eigenvalue weighted by atomic mass is 9.91. The number of nitrogens with one attached hydrogen (secondary N) is 1. The topological polar surface area (TPSA) is 132 Å². The van der Waals surface area contributed by atoms with Crippen LogP contribution in [0.2, 0.25) is 0 Å². The Kier molecular flexibility index (Phi) is 12.4. The summed E-state index contributed by atoms with van der Waals surface area (Å²) in [7, 11) is 1.39. The number of rotatable bonds is 12. The molecule has 1 amide bonds. The molecule has 3 rings (SSSR count). The second-order valence-corrected chi connectivity index (χ2v) is 10.3. The number of benzene rings is 1. The molecule has 0 radical (unpaired) electrons. The number of aromatic nitrogens is 1. The fraction of sp³-hybridized carbons (Fsp3) is 0.533. The Balaban J connectivity index is 1.78. The minimum atomic E-state index is -1.12. The summed E-state index contributed by atoms with van der Waals surface area (Å²) in [5, 5.41) is 2.64. The van der Waals surface area contributed by atoms with Gasteiger partial charge in [0.2, 0.25) is 6.79 Å². The molecule has 1 fully saturated rings. The summed E-state index contributed by atoms with van der Waals surface area (Å²) in [4.78, 5) is 41.8. The highest BCUT2D eigenvalue weighted by Crippen LogP contribution is 2.30. The van der Waals surface area contributed by atoms with Crippen molar-refractivity contribution in [3.8, 4) is 11.5 Å². The molecule has 0 bridgehead atoms. The van der Waals surface area contributed by atoms with E-state index in [0.717, 1.165) is 12.0 Å². The zero-order valence-electron chi connectivity index (χ0n) is 24.3. The first-order valence-electron chi connectivity index (χ1n) is 13.7. The molecule has 0 unspecified atom stereocenters. The van der Waals surface area contributed by atoms with Gasteiger partial charge in [-0.2, -0.15) is 0 Å². The molecule has 41 heavy (non-hydrogen) atoms. The van der Waals surface area contributed by atoms with Crippen molar-refractivity contribution in [1.29, 1.82) is 0 Å². The first kappa shape index (κ1) is 31.8. The molecular formula is C30H40N2O9. The van der Waals surface area contributed by atoms with E-state index in [-0.39, 0.29) is 29.7 Å². The van der Waals surface area contributed by atoms with E-state index in [1.807, 2.05) is 30.3 Å². The van der Waals surface area contributed by atoms with Crippen LogP contribution in [0.4, 0.5) is 0 Å². The number of esters is 2. The first-order valence-corrected chi connectivity index (χ1v) is 13.7. The number of methoxy groups -OCH3 is 1. The second kappa shape index (κ2) is 15.9. The van der Waals surface area contributed by atoms with Gasteiger partial charge < -0.3 is 33.7 Å². The maximum Gasteiger partial charge on any atom is 0.331 e. The number of pyridine rings is 1. The van der Waals surface area contributed by atoms with Crippen LogP contribution in [0, 0.1) is 11.8 Å². The van der Waals surface area contributed by atoms with Gasteiger partial charge in [0.1, 0.15) is 6.10 Å². The molecule has 1 N–H and O–H groups in total. The Morgan fingerprint density at radius 3 is 2.59 bits per heavy atom. The van der Waals surface area contributed by atoms with E-state index in [0.29, 0.717) is 25.6 Å². The average molecular weight is 573 g/mol. The van der Waals surface area contributed by atoms with Gasteiger partial charge in [-0.3, -0.25) is 9.59 Å². The molecule has 1 aromatic heterocycles. The van der Waals surface area contributed by atoms with Crippen LogP contribution in [0.5, 0.6) is 11.5 Å². The summed E-state index contributed by atoms with van der Waals surface area (Å²) >= 11 is 0. The van der Waals surface area contributed by atoms with Crippen LogP contribution in [0.3, 0.4) is 0 Å². The number of carbonyl (C=O) groups excluding carboxylic acids is 3. The molecular weight excluding hydrogens is 532 g/mol. The lowest BCUT2D eigenvalue weighted by molar-refractivity contribution is -0.160. The van der Waals surface area contributed by atoms with E-state index < -0.39 is 42.9 Å². The van der Waals surface area contributed by atoms with Gasteiger partial charge in [0.25, 0.3) is 5.91 Å². The van der Waals surface area contributed by atoms with E-state index in [1.54, 1.807) is 6.92 Å². The van der Waals surface area contributed by atoms with Crippen LogP contribution >= 0.6 is 0 Å². The zero-order chi connectivity index (χ0) is 29.8. The SMILES string of the molecule is COc1ccnc(C(=O)N[C@H]2COC[C@H](Cc3ccccc3)[C@@H](OCCC(C)C)[C@H](C)OC2=O)c1OCOC(C)=O. The molecule has 0 aliphatic carbocycles. The quantitative estimate of drug-likeness (QED) is 0.298. The van der Waals surface area contributed by atoms with Crippen molar-refractivity contribution >= 4 is 17.8 Å². The predicted molar refractivity (Wildman–Crippen MR) is 149 cm³/mol. The molecule has 224 valence electrons. The number of carbonyl (C=O) groups is 3. The summed E-state index contributed by atoms with van der Waals surface area (Å²) in [5.41, 5.74) is 0.959. The lowest BCUT2D eigenvalue weighted by Crippen LogP contribution is -2.46. The van der Waals surface area contributed by atoms with Gasteiger partial charge in [-0.25, -0.2) is 9.78 Å². The first-order chi connectivity index (χ1) is 19.7. The van der Waals surface area contributed by atoms with Gasteiger partial charge in [-0.1, -0.05) is 44.2 Å². The fourth-order valence-electron chi connectivity index (χ4n) is 4.41. The second-order valence-electron chi connectivity index (χ2n) is 10.3. The Morgan fingerprint density at radius 1 is 1.15 bits per heavy atom. The molecule has 4 atom stereocenters. The van der Waals surface area contributed by atoms with Crippen LogP contribution in [-0.4, -0.2) is 74.8 Å². The van der Waals surface area contributed by atoms with Crippen molar-refractivity contribution in [2.45, 2.75) is 58.8 Å². The van der Waals surface area contributed by atoms with Crippen molar-refractivity contribution in [2.75, 3.05) is 33.7 Å². The largest absolute Gasteiger partial charge is 0.493 e. The van der Waals surface area contributed by atoms with Crippen LogP contribution in [0.25, 0.3) is 0 Å². The predicted octanol–water partition coefficient (Wildman–Crippen LogP) is 3.34. The van der Waals surface area contributed by atoms with Gasteiger partial charge in [0.05, 0.1) is 26.4 Å². The van der Waals surface area contributed by atoms with Gasteiger partial charge in [0.15, 0.2) is 23.2 Å². The van der Waals surface area contributed by atoms with Crippen LogP contribution in [0.15, 0.2) is 42.6 Å². The molecule has 0 spiro atoms. The number of amides is 1. The highest BCUT2D eigenvalue weighted by molar-refractivity contribution is 5.98. The highest BCUT2D eigenvalue weighted by Gasteiger charge is 2.36. The summed E-state index contributed by atoms with van der Waals surface area (Å²) < 4.78 is 33.7. The number of hydrogen-bond donors (Lipinski definition) is 1. The summed E-state index contributed by atoms with van der Waals surface area (Å²) in [5.74, 6) is -1.41. The van der Waals surface area contributed by atoms with Crippen molar-refractivity contribution < 1.29 is 42.8 Å². The van der Waals surface area contributed by atoms with E-state index in [9.17, 15) is 14.4 Å². The monoisotopic (exact) mass is 572 g/mol. The Labute approximate surface area is 240 Å². The lowest BCUT2D eigenvalue weighted by Gasteiger charge is -2.31. The van der Waals surface area contributed by atoms with Crippen LogP contribution < -0.4 is 14.8 Å².